The molecule has 0 amide bonds. The van der Waals surface area contributed by atoms with Crippen molar-refractivity contribution in [3.63, 3.8) is 0 Å². The van der Waals surface area contributed by atoms with Crippen LogP contribution in [0.2, 0.25) is 0 Å². The fraction of sp³-hybridized carbons (Fsp3) is 0.0476. The Hall–Kier alpha value is -3.27. The van der Waals surface area contributed by atoms with Crippen LogP contribution in [0.25, 0.3) is 22.3 Å². The van der Waals surface area contributed by atoms with Gasteiger partial charge in [0.15, 0.2) is 0 Å². The maximum Gasteiger partial charge on any atom is 0.277 e. The number of nitro benzene ring substituents is 1. The summed E-state index contributed by atoms with van der Waals surface area (Å²) in [6.07, 6.45) is 0. The molecule has 1 heterocycles. The minimum absolute atomic E-state index is 0.0318. The van der Waals surface area contributed by atoms with Crippen molar-refractivity contribution >= 4 is 45.0 Å². The second kappa shape index (κ2) is 7.63. The number of hydrogen-bond donors (Lipinski definition) is 1. The van der Waals surface area contributed by atoms with E-state index in [2.05, 4.69) is 27.6 Å². The summed E-state index contributed by atoms with van der Waals surface area (Å²) >= 11 is 2.15. The van der Waals surface area contributed by atoms with Crippen molar-refractivity contribution in [1.82, 2.24) is 9.55 Å². The molecule has 0 radical (unpaired) electrons. The molecule has 144 valence electrons. The fourth-order valence-corrected chi connectivity index (χ4v) is 3.74. The predicted molar refractivity (Wildman–Crippen MR) is 121 cm³/mol. The highest BCUT2D eigenvalue weighted by Gasteiger charge is 2.18. The summed E-state index contributed by atoms with van der Waals surface area (Å²) in [4.78, 5) is 28.9. The third kappa shape index (κ3) is 3.58. The van der Waals surface area contributed by atoms with Crippen molar-refractivity contribution in [2.75, 3.05) is 5.73 Å². The van der Waals surface area contributed by atoms with Gasteiger partial charge in [0.25, 0.3) is 11.2 Å². The minimum atomic E-state index is -0.442. The van der Waals surface area contributed by atoms with Crippen LogP contribution in [-0.2, 0) is 6.54 Å². The molecule has 4 rings (SSSR count). The second-order valence-corrected chi connectivity index (χ2v) is 7.70. The van der Waals surface area contributed by atoms with Crippen molar-refractivity contribution < 1.29 is 4.92 Å². The normalized spacial score (nSPS) is 10.9. The summed E-state index contributed by atoms with van der Waals surface area (Å²) in [5.41, 5.74) is 8.60. The number of fused-ring (bicyclic) bond motifs is 1. The smallest absolute Gasteiger partial charge is 0.277 e. The number of nitrogen functional groups attached to an aromatic ring is 1. The van der Waals surface area contributed by atoms with E-state index < -0.39 is 4.92 Å². The average molecular weight is 498 g/mol. The van der Waals surface area contributed by atoms with Gasteiger partial charge in [0.1, 0.15) is 5.69 Å². The standard InChI is InChI=1S/C21H15IN4O3/c22-14-9-10-16(23)15(11-14)20-21(27)25(19-8-4-2-6-17(19)24-20)12-13-5-1-3-7-18(13)26(28)29/h1-11H,12,23H2. The van der Waals surface area contributed by atoms with Gasteiger partial charge < -0.3 is 10.3 Å². The fourth-order valence-electron chi connectivity index (χ4n) is 3.25. The van der Waals surface area contributed by atoms with Crippen LogP contribution in [0.15, 0.2) is 71.5 Å². The Morgan fingerprint density at radius 2 is 1.79 bits per heavy atom. The molecule has 0 unspecified atom stereocenters. The molecular weight excluding hydrogens is 483 g/mol. The summed E-state index contributed by atoms with van der Waals surface area (Å²) in [6.45, 7) is 0.0514. The lowest BCUT2D eigenvalue weighted by Crippen LogP contribution is -2.25. The number of halogens is 1. The van der Waals surface area contributed by atoms with Crippen molar-refractivity contribution in [3.8, 4) is 11.3 Å². The first kappa shape index (κ1) is 19.1. The third-order valence-corrected chi connectivity index (χ3v) is 5.31. The number of rotatable bonds is 4. The highest BCUT2D eigenvalue weighted by Crippen LogP contribution is 2.26. The molecule has 3 aromatic carbocycles. The van der Waals surface area contributed by atoms with Gasteiger partial charge in [0, 0.05) is 26.5 Å². The van der Waals surface area contributed by atoms with Crippen molar-refractivity contribution in [3.05, 3.63) is 96.3 Å². The zero-order chi connectivity index (χ0) is 20.5. The molecule has 29 heavy (non-hydrogen) atoms. The SMILES string of the molecule is Nc1ccc(I)cc1-c1nc2ccccc2n(Cc2ccccc2[N+](=O)[O-])c1=O. The minimum Gasteiger partial charge on any atom is -0.398 e. The first-order chi connectivity index (χ1) is 14.0. The van der Waals surface area contributed by atoms with Gasteiger partial charge in [-0.05, 0) is 52.9 Å². The van der Waals surface area contributed by atoms with E-state index in [9.17, 15) is 14.9 Å². The Morgan fingerprint density at radius 3 is 2.59 bits per heavy atom. The number of anilines is 1. The molecule has 7 nitrogen and oxygen atoms in total. The largest absolute Gasteiger partial charge is 0.398 e. The molecule has 1 aromatic heterocycles. The average Bonchev–Trinajstić information content (AvgIpc) is 2.72. The Balaban J connectivity index is 1.99. The molecule has 0 atom stereocenters. The van der Waals surface area contributed by atoms with Gasteiger partial charge in [-0.2, -0.15) is 0 Å². The maximum absolute atomic E-state index is 13.4. The topological polar surface area (TPSA) is 104 Å². The molecule has 0 aliphatic heterocycles. The molecule has 0 saturated carbocycles. The zero-order valence-corrected chi connectivity index (χ0v) is 17.2. The van der Waals surface area contributed by atoms with Crippen LogP contribution in [0.4, 0.5) is 11.4 Å². The molecule has 0 saturated heterocycles. The molecule has 0 spiro atoms. The zero-order valence-electron chi connectivity index (χ0n) is 15.1. The van der Waals surface area contributed by atoms with Crippen molar-refractivity contribution in [2.24, 2.45) is 0 Å². The van der Waals surface area contributed by atoms with Gasteiger partial charge in [-0.25, -0.2) is 4.98 Å². The molecule has 4 aromatic rings. The van der Waals surface area contributed by atoms with Crippen LogP contribution in [-0.4, -0.2) is 14.5 Å². The van der Waals surface area contributed by atoms with Crippen LogP contribution in [0.1, 0.15) is 5.56 Å². The molecule has 0 fully saturated rings. The van der Waals surface area contributed by atoms with E-state index in [1.54, 1.807) is 42.5 Å². The van der Waals surface area contributed by atoms with Crippen LogP contribution < -0.4 is 11.3 Å². The Bertz CT molecular complexity index is 1320. The number of nitrogens with two attached hydrogens (primary N) is 1. The van der Waals surface area contributed by atoms with E-state index in [0.717, 1.165) is 3.57 Å². The van der Waals surface area contributed by atoms with Crippen molar-refractivity contribution in [1.29, 1.82) is 0 Å². The number of nitro groups is 1. The van der Waals surface area contributed by atoms with Crippen LogP contribution in [0.5, 0.6) is 0 Å². The Kier molecular flexibility index (Phi) is 5.01. The maximum atomic E-state index is 13.4. The lowest BCUT2D eigenvalue weighted by atomic mass is 10.1. The van der Waals surface area contributed by atoms with Crippen LogP contribution in [0, 0.1) is 13.7 Å². The van der Waals surface area contributed by atoms with E-state index in [0.29, 0.717) is 27.8 Å². The highest BCUT2D eigenvalue weighted by atomic mass is 127. The van der Waals surface area contributed by atoms with E-state index in [4.69, 9.17) is 5.73 Å². The Labute approximate surface area is 179 Å². The number of nitrogens with zero attached hydrogens (tertiary/aromatic N) is 3. The first-order valence-corrected chi connectivity index (χ1v) is 9.81. The monoisotopic (exact) mass is 498 g/mol. The van der Waals surface area contributed by atoms with Gasteiger partial charge in [-0.1, -0.05) is 30.3 Å². The van der Waals surface area contributed by atoms with Crippen LogP contribution in [0.3, 0.4) is 0 Å². The van der Waals surface area contributed by atoms with Gasteiger partial charge in [0.2, 0.25) is 0 Å². The van der Waals surface area contributed by atoms with Gasteiger partial charge in [-0.3, -0.25) is 14.9 Å². The molecular formula is C21H15IN4O3. The predicted octanol–water partition coefficient (Wildman–Crippen LogP) is 4.21. The molecule has 2 N–H and O–H groups in total. The van der Waals surface area contributed by atoms with Gasteiger partial charge in [-0.15, -0.1) is 0 Å². The van der Waals surface area contributed by atoms with Crippen LogP contribution >= 0.6 is 22.6 Å². The summed E-state index contributed by atoms with van der Waals surface area (Å²) < 4.78 is 2.44. The Morgan fingerprint density at radius 1 is 1.07 bits per heavy atom. The van der Waals surface area contributed by atoms with Crippen molar-refractivity contribution in [2.45, 2.75) is 6.54 Å². The third-order valence-electron chi connectivity index (χ3n) is 4.64. The number of benzene rings is 3. The number of hydrogen-bond acceptors (Lipinski definition) is 5. The molecule has 0 aliphatic carbocycles. The van der Waals surface area contributed by atoms with E-state index in [1.165, 1.54) is 10.6 Å². The first-order valence-electron chi connectivity index (χ1n) is 8.73. The lowest BCUT2D eigenvalue weighted by Gasteiger charge is -2.14. The summed E-state index contributed by atoms with van der Waals surface area (Å²) in [7, 11) is 0. The summed E-state index contributed by atoms with van der Waals surface area (Å²) in [5, 5.41) is 11.4. The molecule has 0 bridgehead atoms. The second-order valence-electron chi connectivity index (χ2n) is 6.46. The molecule has 0 aliphatic rings. The molecule has 8 heteroatoms. The summed E-state index contributed by atoms with van der Waals surface area (Å²) in [5.74, 6) is 0. The van der Waals surface area contributed by atoms with E-state index in [1.807, 2.05) is 18.2 Å². The number of aromatic nitrogens is 2. The highest BCUT2D eigenvalue weighted by molar-refractivity contribution is 14.1. The van der Waals surface area contributed by atoms with E-state index in [-0.39, 0.29) is 23.5 Å². The lowest BCUT2D eigenvalue weighted by molar-refractivity contribution is -0.385. The quantitative estimate of drug-likeness (QED) is 0.197. The van der Waals surface area contributed by atoms with E-state index >= 15 is 0 Å². The summed E-state index contributed by atoms with van der Waals surface area (Å²) in [6, 6.07) is 19.0. The van der Waals surface area contributed by atoms with Gasteiger partial charge in [0.05, 0.1) is 22.5 Å². The van der Waals surface area contributed by atoms with Gasteiger partial charge >= 0.3 is 0 Å². The number of para-hydroxylation sites is 3.